The average molecular weight is 402 g/mol. The van der Waals surface area contributed by atoms with Crippen LogP contribution in [0.25, 0.3) is 11.5 Å². The monoisotopic (exact) mass is 402 g/mol. The zero-order valence-electron chi connectivity index (χ0n) is 15.8. The minimum atomic E-state index is -3.39. The molecule has 0 aliphatic heterocycles. The van der Waals surface area contributed by atoms with Gasteiger partial charge in [0.15, 0.2) is 0 Å². The van der Waals surface area contributed by atoms with Gasteiger partial charge in [0.1, 0.15) is 18.1 Å². The lowest BCUT2D eigenvalue weighted by Crippen LogP contribution is -2.05. The van der Waals surface area contributed by atoms with Crippen molar-refractivity contribution in [3.8, 4) is 17.3 Å². The first-order chi connectivity index (χ1) is 13.4. The third kappa shape index (κ3) is 5.90. The summed E-state index contributed by atoms with van der Waals surface area (Å²) in [6, 6.07) is 13.4. The molecule has 0 saturated carbocycles. The second-order valence-electron chi connectivity index (χ2n) is 6.31. The second kappa shape index (κ2) is 8.99. The smallest absolute Gasteiger partial charge is 0.264 e. The van der Waals surface area contributed by atoms with Crippen LogP contribution >= 0.6 is 0 Å². The molecule has 0 radical (unpaired) electrons. The van der Waals surface area contributed by atoms with Crippen molar-refractivity contribution in [2.24, 2.45) is 0 Å². The van der Waals surface area contributed by atoms with E-state index in [9.17, 15) is 8.42 Å². The van der Waals surface area contributed by atoms with Crippen LogP contribution in [0.15, 0.2) is 53.1 Å². The Bertz CT molecular complexity index is 999. The number of aromatic nitrogens is 2. The topological polar surface area (TPSA) is 91.5 Å². The fourth-order valence-electron chi connectivity index (χ4n) is 2.54. The predicted molar refractivity (Wildman–Crippen MR) is 104 cm³/mol. The zero-order chi connectivity index (χ0) is 20.0. The summed E-state index contributed by atoms with van der Waals surface area (Å²) in [4.78, 5) is 8.78. The van der Waals surface area contributed by atoms with Gasteiger partial charge in [0.05, 0.1) is 12.9 Å². The molecule has 148 valence electrons. The van der Waals surface area contributed by atoms with Crippen molar-refractivity contribution in [2.45, 2.75) is 26.4 Å². The number of rotatable bonds is 9. The van der Waals surface area contributed by atoms with Crippen LogP contribution in [0.1, 0.15) is 23.4 Å². The van der Waals surface area contributed by atoms with Gasteiger partial charge in [-0.05, 0) is 37.5 Å². The summed E-state index contributed by atoms with van der Waals surface area (Å²) in [6.07, 6.45) is 4.02. The van der Waals surface area contributed by atoms with E-state index in [4.69, 9.17) is 13.3 Å². The van der Waals surface area contributed by atoms with Gasteiger partial charge in [-0.1, -0.05) is 24.3 Å². The molecule has 2 heterocycles. The summed E-state index contributed by atoms with van der Waals surface area (Å²) in [5.41, 5.74) is 2.62. The van der Waals surface area contributed by atoms with Crippen LogP contribution in [0, 0.1) is 6.92 Å². The standard InChI is InChI=1S/C20H22N2O5S/c1-15-18(22-20(27-15)17-8-4-3-5-9-17)14-25-19-11-10-16(13-21-19)7-6-12-26-28(2,23)24/h3-5,8-11,13H,6-7,12,14H2,1-2H3. The van der Waals surface area contributed by atoms with Crippen molar-refractivity contribution >= 4 is 10.1 Å². The van der Waals surface area contributed by atoms with E-state index in [2.05, 4.69) is 9.97 Å². The van der Waals surface area contributed by atoms with E-state index in [1.54, 1.807) is 12.3 Å². The summed E-state index contributed by atoms with van der Waals surface area (Å²) in [7, 11) is -3.39. The van der Waals surface area contributed by atoms with Gasteiger partial charge >= 0.3 is 0 Å². The highest BCUT2D eigenvalue weighted by Crippen LogP contribution is 2.22. The molecule has 3 rings (SSSR count). The number of hydrogen-bond donors (Lipinski definition) is 0. The largest absolute Gasteiger partial charge is 0.471 e. The van der Waals surface area contributed by atoms with E-state index in [1.807, 2.05) is 43.3 Å². The molecule has 0 N–H and O–H groups in total. The van der Waals surface area contributed by atoms with Gasteiger partial charge in [0.25, 0.3) is 10.1 Å². The molecule has 3 aromatic rings. The van der Waals surface area contributed by atoms with Crippen LogP contribution < -0.4 is 4.74 Å². The number of benzene rings is 1. The molecule has 0 saturated heterocycles. The summed E-state index contributed by atoms with van der Waals surface area (Å²) < 4.78 is 38.0. The molecular formula is C20H22N2O5S. The molecule has 2 aromatic heterocycles. The number of oxazole rings is 1. The number of nitrogens with zero attached hydrogens (tertiary/aromatic N) is 2. The summed E-state index contributed by atoms with van der Waals surface area (Å²) in [6.45, 7) is 2.27. The van der Waals surface area contributed by atoms with Crippen LogP contribution in [0.2, 0.25) is 0 Å². The molecular weight excluding hydrogens is 380 g/mol. The maximum atomic E-state index is 10.9. The molecule has 7 nitrogen and oxygen atoms in total. The average Bonchev–Trinajstić information content (AvgIpc) is 3.05. The van der Waals surface area contributed by atoms with Crippen molar-refractivity contribution in [3.63, 3.8) is 0 Å². The third-order valence-electron chi connectivity index (χ3n) is 3.97. The first-order valence-electron chi connectivity index (χ1n) is 8.84. The van der Waals surface area contributed by atoms with Gasteiger partial charge in [-0.2, -0.15) is 8.42 Å². The van der Waals surface area contributed by atoms with Crippen molar-refractivity contribution in [1.29, 1.82) is 0 Å². The van der Waals surface area contributed by atoms with Gasteiger partial charge in [0, 0.05) is 17.8 Å². The lowest BCUT2D eigenvalue weighted by Gasteiger charge is -2.05. The fraction of sp³-hybridized carbons (Fsp3) is 0.300. The maximum absolute atomic E-state index is 10.9. The number of ether oxygens (including phenoxy) is 1. The van der Waals surface area contributed by atoms with Crippen LogP contribution in [0.5, 0.6) is 5.88 Å². The van der Waals surface area contributed by atoms with E-state index in [0.29, 0.717) is 30.4 Å². The van der Waals surface area contributed by atoms with Crippen LogP contribution in [-0.4, -0.2) is 31.2 Å². The second-order valence-corrected chi connectivity index (χ2v) is 7.95. The van der Waals surface area contributed by atoms with Gasteiger partial charge in [-0.3, -0.25) is 4.18 Å². The Balaban J connectivity index is 1.52. The Morgan fingerprint density at radius 1 is 1.11 bits per heavy atom. The van der Waals surface area contributed by atoms with Gasteiger partial charge < -0.3 is 9.15 Å². The SMILES string of the molecule is Cc1oc(-c2ccccc2)nc1COc1ccc(CCCOS(C)(=O)=O)cn1. The van der Waals surface area contributed by atoms with Crippen molar-refractivity contribution in [3.05, 3.63) is 65.7 Å². The van der Waals surface area contributed by atoms with Crippen molar-refractivity contribution in [2.75, 3.05) is 12.9 Å². The number of aryl methyl sites for hydroxylation is 2. The van der Waals surface area contributed by atoms with Crippen molar-refractivity contribution in [1.82, 2.24) is 9.97 Å². The summed E-state index contributed by atoms with van der Waals surface area (Å²) >= 11 is 0. The first kappa shape index (κ1) is 20.0. The number of pyridine rings is 1. The Morgan fingerprint density at radius 2 is 1.89 bits per heavy atom. The zero-order valence-corrected chi connectivity index (χ0v) is 16.6. The molecule has 0 unspecified atom stereocenters. The molecule has 0 amide bonds. The van der Waals surface area contributed by atoms with Crippen LogP contribution in [0.3, 0.4) is 0 Å². The lowest BCUT2D eigenvalue weighted by atomic mass is 10.2. The lowest BCUT2D eigenvalue weighted by molar-refractivity contribution is 0.287. The minimum Gasteiger partial charge on any atom is -0.471 e. The van der Waals surface area contributed by atoms with Crippen LogP contribution in [0.4, 0.5) is 0 Å². The van der Waals surface area contributed by atoms with Gasteiger partial charge in [-0.25, -0.2) is 9.97 Å². The fourth-order valence-corrected chi connectivity index (χ4v) is 2.96. The van der Waals surface area contributed by atoms with Crippen molar-refractivity contribution < 1.29 is 21.8 Å². The Hall–Kier alpha value is -2.71. The molecule has 0 bridgehead atoms. The first-order valence-corrected chi connectivity index (χ1v) is 10.7. The van der Waals surface area contributed by atoms with E-state index >= 15 is 0 Å². The summed E-state index contributed by atoms with van der Waals surface area (Å²) in [5, 5.41) is 0. The highest BCUT2D eigenvalue weighted by Gasteiger charge is 2.12. The molecule has 0 spiro atoms. The quantitative estimate of drug-likeness (QED) is 0.399. The molecule has 0 fully saturated rings. The molecule has 0 atom stereocenters. The third-order valence-corrected chi connectivity index (χ3v) is 4.57. The molecule has 1 aromatic carbocycles. The van der Waals surface area contributed by atoms with E-state index in [1.165, 1.54) is 0 Å². The van der Waals surface area contributed by atoms with Crippen LogP contribution in [-0.2, 0) is 27.3 Å². The molecule has 0 aliphatic rings. The highest BCUT2D eigenvalue weighted by molar-refractivity contribution is 7.85. The Kier molecular flexibility index (Phi) is 6.43. The molecule has 0 aliphatic carbocycles. The summed E-state index contributed by atoms with van der Waals surface area (Å²) in [5.74, 6) is 1.76. The molecule has 28 heavy (non-hydrogen) atoms. The van der Waals surface area contributed by atoms with E-state index < -0.39 is 10.1 Å². The van der Waals surface area contributed by atoms with E-state index in [0.717, 1.165) is 23.1 Å². The minimum absolute atomic E-state index is 0.159. The normalized spacial score (nSPS) is 11.5. The van der Waals surface area contributed by atoms with Gasteiger partial charge in [0.2, 0.25) is 11.8 Å². The predicted octanol–water partition coefficient (Wildman–Crippen LogP) is 3.53. The number of hydrogen-bond acceptors (Lipinski definition) is 7. The molecule has 8 heteroatoms. The van der Waals surface area contributed by atoms with E-state index in [-0.39, 0.29) is 13.2 Å². The Morgan fingerprint density at radius 3 is 2.57 bits per heavy atom. The van der Waals surface area contributed by atoms with Gasteiger partial charge in [-0.15, -0.1) is 0 Å². The maximum Gasteiger partial charge on any atom is 0.264 e. The Labute approximate surface area is 164 Å². The highest BCUT2D eigenvalue weighted by atomic mass is 32.2.